The maximum atomic E-state index is 13.4. The Morgan fingerprint density at radius 1 is 1.00 bits per heavy atom. The van der Waals surface area contributed by atoms with Crippen molar-refractivity contribution >= 4 is 5.69 Å². The summed E-state index contributed by atoms with van der Waals surface area (Å²) in [5.74, 6) is -0.318. The van der Waals surface area contributed by atoms with Gasteiger partial charge < -0.3 is 10.6 Å². The molecule has 0 saturated heterocycles. The summed E-state index contributed by atoms with van der Waals surface area (Å²) in [6.45, 7) is 12.7. The Hall–Kier alpha value is -1.13. The summed E-state index contributed by atoms with van der Waals surface area (Å²) in [5.41, 5.74) is 6.71. The summed E-state index contributed by atoms with van der Waals surface area (Å²) in [4.78, 5) is 4.77. The highest BCUT2D eigenvalue weighted by Gasteiger charge is 2.07. The van der Waals surface area contributed by atoms with Crippen molar-refractivity contribution in [2.24, 2.45) is 0 Å². The molecule has 2 N–H and O–H groups in total. The van der Waals surface area contributed by atoms with Gasteiger partial charge in [0.05, 0.1) is 5.69 Å². The van der Waals surface area contributed by atoms with Crippen LogP contribution in [0.2, 0.25) is 0 Å². The van der Waals surface area contributed by atoms with E-state index in [4.69, 9.17) is 5.73 Å². The Morgan fingerprint density at radius 2 is 1.60 bits per heavy atom. The van der Waals surface area contributed by atoms with E-state index < -0.39 is 0 Å². The van der Waals surface area contributed by atoms with Crippen molar-refractivity contribution in [3.8, 4) is 0 Å². The van der Waals surface area contributed by atoms with Gasteiger partial charge in [-0.15, -0.1) is 0 Å². The van der Waals surface area contributed by atoms with Crippen molar-refractivity contribution in [1.82, 2.24) is 9.80 Å². The molecule has 0 fully saturated rings. The lowest BCUT2D eigenvalue weighted by atomic mass is 10.2. The molecule has 114 valence electrons. The van der Waals surface area contributed by atoms with Crippen LogP contribution < -0.4 is 5.73 Å². The van der Waals surface area contributed by atoms with Crippen LogP contribution in [0.4, 0.5) is 10.1 Å². The maximum absolute atomic E-state index is 13.4. The van der Waals surface area contributed by atoms with Crippen LogP contribution in [-0.4, -0.2) is 42.5 Å². The topological polar surface area (TPSA) is 32.5 Å². The number of halogens is 1. The van der Waals surface area contributed by atoms with E-state index in [1.165, 1.54) is 0 Å². The van der Waals surface area contributed by atoms with E-state index in [2.05, 4.69) is 30.6 Å². The molecular weight excluding hydrogens is 253 g/mol. The summed E-state index contributed by atoms with van der Waals surface area (Å²) in [6, 6.07) is 5.10. The van der Waals surface area contributed by atoms with E-state index in [1.807, 2.05) is 6.07 Å². The Labute approximate surface area is 122 Å². The van der Waals surface area contributed by atoms with Crippen LogP contribution in [0.15, 0.2) is 18.2 Å². The van der Waals surface area contributed by atoms with Gasteiger partial charge in [-0.2, -0.15) is 0 Å². The van der Waals surface area contributed by atoms with E-state index in [9.17, 15) is 4.39 Å². The van der Waals surface area contributed by atoms with Gasteiger partial charge in [0.2, 0.25) is 0 Å². The Bertz CT molecular complexity index is 391. The molecule has 0 aromatic heterocycles. The predicted octanol–water partition coefficient (Wildman–Crippen LogP) is 2.96. The molecule has 0 saturated carbocycles. The van der Waals surface area contributed by atoms with Crippen LogP contribution in [0.1, 0.15) is 32.8 Å². The highest BCUT2D eigenvalue weighted by atomic mass is 19.1. The van der Waals surface area contributed by atoms with Gasteiger partial charge in [0, 0.05) is 6.54 Å². The zero-order chi connectivity index (χ0) is 15.0. The molecule has 0 spiro atoms. The third-order valence-electron chi connectivity index (χ3n) is 3.76. The Kier molecular flexibility index (Phi) is 7.55. The molecule has 20 heavy (non-hydrogen) atoms. The van der Waals surface area contributed by atoms with Gasteiger partial charge in [0.15, 0.2) is 0 Å². The number of nitrogen functional groups attached to an aromatic ring is 1. The third-order valence-corrected chi connectivity index (χ3v) is 3.76. The molecule has 0 aliphatic carbocycles. The summed E-state index contributed by atoms with van der Waals surface area (Å²) >= 11 is 0. The predicted molar refractivity (Wildman–Crippen MR) is 84.2 cm³/mol. The van der Waals surface area contributed by atoms with Crippen LogP contribution in [0.3, 0.4) is 0 Å². The molecule has 3 nitrogen and oxygen atoms in total. The normalized spacial score (nSPS) is 11.5. The number of anilines is 1. The fourth-order valence-electron chi connectivity index (χ4n) is 2.33. The first-order valence-electron chi connectivity index (χ1n) is 7.59. The van der Waals surface area contributed by atoms with Gasteiger partial charge in [-0.1, -0.05) is 26.8 Å². The fourth-order valence-corrected chi connectivity index (χ4v) is 2.33. The molecule has 1 rings (SSSR count). The average molecular weight is 281 g/mol. The van der Waals surface area contributed by atoms with E-state index in [0.717, 1.165) is 51.3 Å². The quantitative estimate of drug-likeness (QED) is 0.706. The lowest BCUT2D eigenvalue weighted by molar-refractivity contribution is 0.238. The minimum Gasteiger partial charge on any atom is -0.396 e. The van der Waals surface area contributed by atoms with Crippen LogP contribution in [0, 0.1) is 5.82 Å². The first-order valence-corrected chi connectivity index (χ1v) is 7.59. The smallest absolute Gasteiger partial charge is 0.146 e. The lowest BCUT2D eigenvalue weighted by Gasteiger charge is -2.23. The molecule has 0 radical (unpaired) electrons. The number of benzene rings is 1. The second-order valence-electron chi connectivity index (χ2n) is 5.11. The van der Waals surface area contributed by atoms with Crippen molar-refractivity contribution in [2.75, 3.05) is 38.5 Å². The van der Waals surface area contributed by atoms with Crippen molar-refractivity contribution in [3.63, 3.8) is 0 Å². The van der Waals surface area contributed by atoms with Gasteiger partial charge in [-0.3, -0.25) is 4.90 Å². The standard InChI is InChI=1S/C16H28FN3/c1-4-19(5-2)10-7-11-20(6-3)13-14-8-9-16(18)15(17)12-14/h8-9,12H,4-7,10-11,13,18H2,1-3H3. The summed E-state index contributed by atoms with van der Waals surface area (Å²) in [5, 5.41) is 0. The maximum Gasteiger partial charge on any atom is 0.146 e. The lowest BCUT2D eigenvalue weighted by Crippen LogP contribution is -2.29. The largest absolute Gasteiger partial charge is 0.396 e. The van der Waals surface area contributed by atoms with Crippen LogP contribution in [-0.2, 0) is 6.54 Å². The van der Waals surface area contributed by atoms with Crippen molar-refractivity contribution in [2.45, 2.75) is 33.7 Å². The number of hydrogen-bond acceptors (Lipinski definition) is 3. The second kappa shape index (κ2) is 8.93. The molecule has 0 heterocycles. The van der Waals surface area contributed by atoms with Crippen LogP contribution in [0.25, 0.3) is 0 Å². The summed E-state index contributed by atoms with van der Waals surface area (Å²) in [7, 11) is 0. The molecule has 0 atom stereocenters. The number of nitrogens with zero attached hydrogens (tertiary/aromatic N) is 2. The van der Waals surface area contributed by atoms with Crippen molar-refractivity contribution < 1.29 is 4.39 Å². The minimum absolute atomic E-state index is 0.221. The molecule has 0 bridgehead atoms. The fraction of sp³-hybridized carbons (Fsp3) is 0.625. The van der Waals surface area contributed by atoms with Gasteiger partial charge in [-0.25, -0.2) is 4.39 Å². The molecule has 0 amide bonds. The first-order chi connectivity index (χ1) is 9.60. The van der Waals surface area contributed by atoms with E-state index in [1.54, 1.807) is 12.1 Å². The van der Waals surface area contributed by atoms with Crippen molar-refractivity contribution in [1.29, 1.82) is 0 Å². The molecule has 0 aliphatic rings. The van der Waals surface area contributed by atoms with Gasteiger partial charge in [-0.05, 0) is 56.8 Å². The summed E-state index contributed by atoms with van der Waals surface area (Å²) in [6.07, 6.45) is 1.15. The van der Waals surface area contributed by atoms with Crippen LogP contribution in [0.5, 0.6) is 0 Å². The van der Waals surface area contributed by atoms with E-state index in [0.29, 0.717) is 0 Å². The van der Waals surface area contributed by atoms with Gasteiger partial charge >= 0.3 is 0 Å². The van der Waals surface area contributed by atoms with E-state index in [-0.39, 0.29) is 11.5 Å². The summed E-state index contributed by atoms with van der Waals surface area (Å²) < 4.78 is 13.4. The molecule has 0 aliphatic heterocycles. The number of hydrogen-bond donors (Lipinski definition) is 1. The molecule has 0 unspecified atom stereocenters. The average Bonchev–Trinajstić information content (AvgIpc) is 2.46. The minimum atomic E-state index is -0.318. The highest BCUT2D eigenvalue weighted by Crippen LogP contribution is 2.13. The first kappa shape index (κ1) is 16.9. The Morgan fingerprint density at radius 3 is 2.15 bits per heavy atom. The molecular formula is C16H28FN3. The highest BCUT2D eigenvalue weighted by molar-refractivity contribution is 5.41. The molecule has 4 heteroatoms. The zero-order valence-corrected chi connectivity index (χ0v) is 13.0. The molecule has 1 aromatic rings. The zero-order valence-electron chi connectivity index (χ0n) is 13.0. The second-order valence-corrected chi connectivity index (χ2v) is 5.11. The Balaban J connectivity index is 2.44. The number of nitrogens with two attached hydrogens (primary N) is 1. The number of rotatable bonds is 9. The van der Waals surface area contributed by atoms with E-state index >= 15 is 0 Å². The van der Waals surface area contributed by atoms with Gasteiger partial charge in [0.25, 0.3) is 0 Å². The SMILES string of the molecule is CCN(CC)CCCN(CC)Cc1ccc(N)c(F)c1. The van der Waals surface area contributed by atoms with Crippen molar-refractivity contribution in [3.05, 3.63) is 29.6 Å². The van der Waals surface area contributed by atoms with Crippen LogP contribution >= 0.6 is 0 Å². The third kappa shape index (κ3) is 5.47. The molecule has 1 aromatic carbocycles. The van der Waals surface area contributed by atoms with Gasteiger partial charge in [0.1, 0.15) is 5.82 Å². The monoisotopic (exact) mass is 281 g/mol.